The third kappa shape index (κ3) is 3.48. The molecule has 0 radical (unpaired) electrons. The molecule has 140 valence electrons. The summed E-state index contributed by atoms with van der Waals surface area (Å²) in [6, 6.07) is 4.98. The molecule has 1 aromatic carbocycles. The molecule has 0 bridgehead atoms. The summed E-state index contributed by atoms with van der Waals surface area (Å²) >= 11 is 0. The van der Waals surface area contributed by atoms with Crippen LogP contribution in [0.5, 0.6) is 5.75 Å². The average Bonchev–Trinajstić information content (AvgIpc) is 3.31. The van der Waals surface area contributed by atoms with Gasteiger partial charge in [-0.15, -0.1) is 5.10 Å². The van der Waals surface area contributed by atoms with Crippen molar-refractivity contribution in [2.24, 2.45) is 0 Å². The van der Waals surface area contributed by atoms with Gasteiger partial charge in [0.2, 0.25) is 0 Å². The number of aliphatic hydroxyl groups excluding tert-OH is 1. The first-order valence-electron chi connectivity index (χ1n) is 9.65. The maximum atomic E-state index is 9.62. The smallest absolute Gasteiger partial charge is 0.123 e. The molecule has 2 aliphatic rings. The van der Waals surface area contributed by atoms with Crippen LogP contribution in [0.1, 0.15) is 60.7 Å². The van der Waals surface area contributed by atoms with Gasteiger partial charge in [0.1, 0.15) is 11.4 Å². The maximum Gasteiger partial charge on any atom is 0.123 e. The van der Waals surface area contributed by atoms with Crippen LogP contribution in [-0.4, -0.2) is 45.2 Å². The highest BCUT2D eigenvalue weighted by atomic mass is 16.5. The predicted octanol–water partition coefficient (Wildman–Crippen LogP) is 2.67. The number of hydrogen-bond acceptors (Lipinski definition) is 5. The number of piperidine rings is 1. The molecule has 2 aromatic rings. The Kier molecular flexibility index (Phi) is 4.96. The predicted molar refractivity (Wildman–Crippen MR) is 99.2 cm³/mol. The van der Waals surface area contributed by atoms with Gasteiger partial charge in [0.15, 0.2) is 0 Å². The summed E-state index contributed by atoms with van der Waals surface area (Å²) in [5.74, 6) is 1.03. The van der Waals surface area contributed by atoms with Crippen LogP contribution in [0, 0.1) is 0 Å². The zero-order chi connectivity index (χ0) is 18.1. The second kappa shape index (κ2) is 7.37. The lowest BCUT2D eigenvalue weighted by molar-refractivity contribution is 0.170. The normalized spacial score (nSPS) is 19.5. The van der Waals surface area contributed by atoms with Crippen molar-refractivity contribution in [1.82, 2.24) is 19.9 Å². The van der Waals surface area contributed by atoms with Gasteiger partial charge in [-0.05, 0) is 56.2 Å². The summed E-state index contributed by atoms with van der Waals surface area (Å²) in [6.45, 7) is 4.74. The topological polar surface area (TPSA) is 63.4 Å². The van der Waals surface area contributed by atoms with E-state index in [9.17, 15) is 5.11 Å². The summed E-state index contributed by atoms with van der Waals surface area (Å²) in [4.78, 5) is 2.50. The SMILES string of the molecule is COc1cc2c(cc1CN1CCC(n3cc(C(C)O)nn3)CC1)CCC2. The van der Waals surface area contributed by atoms with Crippen LogP contribution < -0.4 is 4.74 Å². The number of aromatic nitrogens is 3. The van der Waals surface area contributed by atoms with Gasteiger partial charge in [-0.1, -0.05) is 11.3 Å². The van der Waals surface area contributed by atoms with Crippen LogP contribution in [0.25, 0.3) is 0 Å². The second-order valence-corrected chi connectivity index (χ2v) is 7.59. The van der Waals surface area contributed by atoms with Gasteiger partial charge in [0, 0.05) is 25.2 Å². The molecule has 6 heteroatoms. The monoisotopic (exact) mass is 356 g/mol. The second-order valence-electron chi connectivity index (χ2n) is 7.59. The lowest BCUT2D eigenvalue weighted by Crippen LogP contribution is -2.34. The van der Waals surface area contributed by atoms with Gasteiger partial charge in [0.25, 0.3) is 0 Å². The highest BCUT2D eigenvalue weighted by Crippen LogP contribution is 2.32. The molecular weight excluding hydrogens is 328 g/mol. The fourth-order valence-electron chi connectivity index (χ4n) is 4.21. The molecule has 6 nitrogen and oxygen atoms in total. The van der Waals surface area contributed by atoms with Crippen molar-refractivity contribution < 1.29 is 9.84 Å². The molecule has 0 saturated carbocycles. The average molecular weight is 356 g/mol. The fourth-order valence-corrected chi connectivity index (χ4v) is 4.21. The number of aryl methyl sites for hydroxylation is 2. The van der Waals surface area contributed by atoms with E-state index in [0.717, 1.165) is 38.2 Å². The van der Waals surface area contributed by atoms with E-state index in [1.165, 1.54) is 36.0 Å². The zero-order valence-corrected chi connectivity index (χ0v) is 15.7. The fraction of sp³-hybridized carbons (Fsp3) is 0.600. The highest BCUT2D eigenvalue weighted by Gasteiger charge is 2.24. The lowest BCUT2D eigenvalue weighted by atomic mass is 10.0. The van der Waals surface area contributed by atoms with E-state index in [-0.39, 0.29) is 0 Å². The molecule has 1 atom stereocenters. The van der Waals surface area contributed by atoms with Crippen LogP contribution in [0.15, 0.2) is 18.3 Å². The molecule has 1 N–H and O–H groups in total. The highest BCUT2D eigenvalue weighted by molar-refractivity contribution is 5.44. The quantitative estimate of drug-likeness (QED) is 0.892. The number of likely N-dealkylation sites (tertiary alicyclic amines) is 1. The largest absolute Gasteiger partial charge is 0.496 e. The number of hydrogen-bond donors (Lipinski definition) is 1. The van der Waals surface area contributed by atoms with E-state index in [4.69, 9.17) is 4.74 Å². The van der Waals surface area contributed by atoms with Crippen LogP contribution in [0.2, 0.25) is 0 Å². The number of fused-ring (bicyclic) bond motifs is 1. The first kappa shape index (κ1) is 17.5. The molecule has 1 saturated heterocycles. The Balaban J connectivity index is 1.39. The molecule has 1 aliphatic heterocycles. The molecule has 0 amide bonds. The molecule has 26 heavy (non-hydrogen) atoms. The third-order valence-electron chi connectivity index (χ3n) is 5.78. The lowest BCUT2D eigenvalue weighted by Gasteiger charge is -2.32. The van der Waals surface area contributed by atoms with Crippen molar-refractivity contribution in [3.8, 4) is 5.75 Å². The summed E-state index contributed by atoms with van der Waals surface area (Å²) in [7, 11) is 1.77. The van der Waals surface area contributed by atoms with Crippen LogP contribution in [-0.2, 0) is 19.4 Å². The summed E-state index contributed by atoms with van der Waals surface area (Å²) in [5, 5.41) is 17.9. The Hall–Kier alpha value is -1.92. The minimum absolute atomic E-state index is 0.369. The van der Waals surface area contributed by atoms with Gasteiger partial charge in [0.05, 0.1) is 25.5 Å². The standard InChI is InChI=1S/C20H28N4O2/c1-14(25)19-13-24(22-21-19)18-6-8-23(9-7-18)12-17-10-15-4-3-5-16(15)11-20(17)26-2/h10-11,13-14,18,25H,3-9,12H2,1-2H3. The first-order chi connectivity index (χ1) is 12.6. The molecule has 1 aliphatic carbocycles. The van der Waals surface area contributed by atoms with Gasteiger partial charge >= 0.3 is 0 Å². The van der Waals surface area contributed by atoms with Gasteiger partial charge in [-0.25, -0.2) is 4.68 Å². The van der Waals surface area contributed by atoms with E-state index < -0.39 is 6.10 Å². The van der Waals surface area contributed by atoms with Crippen LogP contribution in [0.4, 0.5) is 0 Å². The molecule has 4 rings (SSSR count). The minimum atomic E-state index is -0.559. The number of ether oxygens (including phenoxy) is 1. The number of nitrogens with zero attached hydrogens (tertiary/aromatic N) is 4. The van der Waals surface area contributed by atoms with Gasteiger partial charge in [-0.3, -0.25) is 4.90 Å². The number of methoxy groups -OCH3 is 1. The van der Waals surface area contributed by atoms with Gasteiger partial charge in [-0.2, -0.15) is 0 Å². The molecule has 0 spiro atoms. The summed E-state index contributed by atoms with van der Waals surface area (Å²) < 4.78 is 7.58. The Morgan fingerprint density at radius 3 is 2.62 bits per heavy atom. The Morgan fingerprint density at radius 1 is 1.23 bits per heavy atom. The van der Waals surface area contributed by atoms with Crippen molar-refractivity contribution in [3.05, 3.63) is 40.7 Å². The van der Waals surface area contributed by atoms with Crippen molar-refractivity contribution in [1.29, 1.82) is 0 Å². The summed E-state index contributed by atoms with van der Waals surface area (Å²) in [5.41, 5.74) is 4.92. The Labute approximate surface area is 154 Å². The Bertz CT molecular complexity index is 763. The third-order valence-corrected chi connectivity index (χ3v) is 5.78. The zero-order valence-electron chi connectivity index (χ0n) is 15.7. The van der Waals surface area contributed by atoms with E-state index in [1.807, 2.05) is 10.9 Å². The molecule has 1 aromatic heterocycles. The summed E-state index contributed by atoms with van der Waals surface area (Å²) in [6.07, 6.45) is 7.08. The van der Waals surface area contributed by atoms with E-state index >= 15 is 0 Å². The van der Waals surface area contributed by atoms with E-state index in [2.05, 4.69) is 27.3 Å². The van der Waals surface area contributed by atoms with E-state index in [0.29, 0.717) is 11.7 Å². The van der Waals surface area contributed by atoms with Crippen molar-refractivity contribution >= 4 is 0 Å². The van der Waals surface area contributed by atoms with Crippen LogP contribution >= 0.6 is 0 Å². The number of aliphatic hydroxyl groups is 1. The van der Waals surface area contributed by atoms with Gasteiger partial charge < -0.3 is 9.84 Å². The van der Waals surface area contributed by atoms with Crippen molar-refractivity contribution in [3.63, 3.8) is 0 Å². The van der Waals surface area contributed by atoms with Crippen molar-refractivity contribution in [2.45, 2.75) is 57.7 Å². The number of benzene rings is 1. The molecule has 1 fully saturated rings. The van der Waals surface area contributed by atoms with Crippen molar-refractivity contribution in [2.75, 3.05) is 20.2 Å². The maximum absolute atomic E-state index is 9.62. The first-order valence-corrected chi connectivity index (χ1v) is 9.65. The molecular formula is C20H28N4O2. The molecule has 2 heterocycles. The molecule has 1 unspecified atom stereocenters. The van der Waals surface area contributed by atoms with E-state index in [1.54, 1.807) is 14.0 Å². The number of rotatable bonds is 5. The minimum Gasteiger partial charge on any atom is -0.496 e. The Morgan fingerprint density at radius 2 is 1.96 bits per heavy atom. The van der Waals surface area contributed by atoms with Crippen LogP contribution in [0.3, 0.4) is 0 Å².